The zero-order chi connectivity index (χ0) is 42.7. The first-order valence-corrected chi connectivity index (χ1v) is 23.6. The second-order valence-electron chi connectivity index (χ2n) is 19.6. The topological polar surface area (TPSA) is 6.48 Å². The Hall–Kier alpha value is -6.90. The van der Waals surface area contributed by atoms with Crippen molar-refractivity contribution in [3.63, 3.8) is 0 Å². The van der Waals surface area contributed by atoms with Gasteiger partial charge in [-0.25, -0.2) is 0 Å². The molecule has 0 amide bonds. The molecule has 310 valence electrons. The predicted molar refractivity (Wildman–Crippen MR) is 272 cm³/mol. The standard InChI is InChI=1S/C62H52N2/c1-39-14-11-19-48(36-39)64(58-25-13-22-51-50-21-9-10-23-54(50)62(61(51)58)41(3)37-42-34-40(2)35-46(62)38-42)57-33-29-45-26-30-52-56(32-28-44-27-31-53(57)60(45)59(44)52)63(47-17-5-4-6-18-47)55-24-12-16-43-15-7-8-20-49(43)55/h4-33,36,40-42,46H,34-35,37-38H2,1-3H3. The zero-order valence-electron chi connectivity index (χ0n) is 36.9. The third-order valence-electron chi connectivity index (χ3n) is 15.9. The molecule has 13 rings (SSSR count). The molecule has 0 radical (unpaired) electrons. The first kappa shape index (κ1) is 37.6. The zero-order valence-corrected chi connectivity index (χ0v) is 36.9. The largest absolute Gasteiger partial charge is 0.310 e. The molecule has 10 aromatic carbocycles. The van der Waals surface area contributed by atoms with Crippen molar-refractivity contribution in [1.29, 1.82) is 0 Å². The highest BCUT2D eigenvalue weighted by Crippen LogP contribution is 2.67. The van der Waals surface area contributed by atoms with Gasteiger partial charge in [-0.2, -0.15) is 0 Å². The van der Waals surface area contributed by atoms with Crippen molar-refractivity contribution in [2.24, 2.45) is 23.7 Å². The van der Waals surface area contributed by atoms with Crippen LogP contribution in [0, 0.1) is 30.6 Å². The molecule has 64 heavy (non-hydrogen) atoms. The summed E-state index contributed by atoms with van der Waals surface area (Å²) >= 11 is 0. The minimum absolute atomic E-state index is 0.0586. The molecule has 0 aliphatic heterocycles. The third-order valence-corrected chi connectivity index (χ3v) is 15.9. The summed E-state index contributed by atoms with van der Waals surface area (Å²) in [5.41, 5.74) is 14.4. The Morgan fingerprint density at radius 1 is 0.438 bits per heavy atom. The van der Waals surface area contributed by atoms with Crippen LogP contribution in [0.25, 0.3) is 54.2 Å². The highest BCUT2D eigenvalue weighted by molar-refractivity contribution is 6.28. The molecule has 3 aliphatic rings. The minimum Gasteiger partial charge on any atom is -0.310 e. The molecule has 2 saturated carbocycles. The molecule has 0 N–H and O–H groups in total. The molecule has 10 aromatic rings. The molecule has 5 unspecified atom stereocenters. The number of benzene rings is 10. The van der Waals surface area contributed by atoms with E-state index in [0.717, 1.165) is 17.5 Å². The number of hydrogen-bond acceptors (Lipinski definition) is 2. The maximum atomic E-state index is 2.66. The van der Waals surface area contributed by atoms with E-state index >= 15 is 0 Å². The average Bonchev–Trinajstić information content (AvgIpc) is 3.63. The van der Waals surface area contributed by atoms with E-state index in [0.29, 0.717) is 11.8 Å². The third kappa shape index (κ3) is 5.38. The molecule has 2 heteroatoms. The molecule has 3 aliphatic carbocycles. The first-order chi connectivity index (χ1) is 31.5. The number of nitrogens with zero attached hydrogens (tertiary/aromatic N) is 2. The van der Waals surface area contributed by atoms with Crippen LogP contribution in [0.5, 0.6) is 0 Å². The lowest BCUT2D eigenvalue weighted by Crippen LogP contribution is -2.49. The summed E-state index contributed by atoms with van der Waals surface area (Å²) in [6.45, 7) is 7.35. The van der Waals surface area contributed by atoms with Crippen LogP contribution >= 0.6 is 0 Å². The van der Waals surface area contributed by atoms with E-state index in [4.69, 9.17) is 0 Å². The van der Waals surface area contributed by atoms with Gasteiger partial charge >= 0.3 is 0 Å². The maximum absolute atomic E-state index is 2.66. The van der Waals surface area contributed by atoms with Crippen LogP contribution in [-0.2, 0) is 5.41 Å². The van der Waals surface area contributed by atoms with E-state index in [2.05, 4.69) is 219 Å². The van der Waals surface area contributed by atoms with Crippen molar-refractivity contribution in [2.45, 2.75) is 51.9 Å². The van der Waals surface area contributed by atoms with Crippen molar-refractivity contribution < 1.29 is 0 Å². The summed E-state index contributed by atoms with van der Waals surface area (Å²) < 4.78 is 0. The molecule has 2 bridgehead atoms. The Labute approximate surface area is 376 Å². The van der Waals surface area contributed by atoms with Gasteiger partial charge in [-0.15, -0.1) is 0 Å². The number of aryl methyl sites for hydroxylation is 1. The molecule has 2 fully saturated rings. The summed E-state index contributed by atoms with van der Waals surface area (Å²) in [7, 11) is 0. The summed E-state index contributed by atoms with van der Waals surface area (Å²) in [6.07, 6.45) is 5.26. The summed E-state index contributed by atoms with van der Waals surface area (Å²) in [4.78, 5) is 5.13. The summed E-state index contributed by atoms with van der Waals surface area (Å²) in [5.74, 6) is 2.68. The normalized spacial score (nSPS) is 21.2. The molecule has 5 atom stereocenters. The van der Waals surface area contributed by atoms with Gasteiger partial charge < -0.3 is 9.80 Å². The quantitative estimate of drug-likeness (QED) is 0.154. The van der Waals surface area contributed by atoms with Crippen molar-refractivity contribution in [1.82, 2.24) is 0 Å². The van der Waals surface area contributed by atoms with Crippen LogP contribution in [0.1, 0.15) is 56.2 Å². The first-order valence-electron chi connectivity index (χ1n) is 23.6. The van der Waals surface area contributed by atoms with Gasteiger partial charge in [-0.3, -0.25) is 0 Å². The Morgan fingerprint density at radius 3 is 1.81 bits per heavy atom. The van der Waals surface area contributed by atoms with Crippen molar-refractivity contribution in [2.75, 3.05) is 9.80 Å². The fourth-order valence-corrected chi connectivity index (χ4v) is 13.7. The van der Waals surface area contributed by atoms with Crippen LogP contribution < -0.4 is 9.80 Å². The number of anilines is 6. The van der Waals surface area contributed by atoms with E-state index in [9.17, 15) is 0 Å². The van der Waals surface area contributed by atoms with Crippen LogP contribution in [0.15, 0.2) is 188 Å². The van der Waals surface area contributed by atoms with Gasteiger partial charge in [0, 0.05) is 32.9 Å². The van der Waals surface area contributed by atoms with E-state index < -0.39 is 0 Å². The highest BCUT2D eigenvalue weighted by atomic mass is 15.2. The van der Waals surface area contributed by atoms with E-state index in [1.807, 2.05) is 0 Å². The number of para-hydroxylation sites is 1. The van der Waals surface area contributed by atoms with E-state index in [-0.39, 0.29) is 5.41 Å². The monoisotopic (exact) mass is 824 g/mol. The van der Waals surface area contributed by atoms with Gasteiger partial charge in [-0.05, 0) is 160 Å². The number of rotatable bonds is 6. The van der Waals surface area contributed by atoms with Gasteiger partial charge in [-0.1, -0.05) is 153 Å². The molecule has 0 aromatic heterocycles. The Kier molecular flexibility index (Phi) is 8.41. The van der Waals surface area contributed by atoms with Crippen LogP contribution in [0.4, 0.5) is 34.1 Å². The molecule has 1 spiro atoms. The number of fused-ring (bicyclic) bond motifs is 9. The lowest BCUT2D eigenvalue weighted by atomic mass is 9.49. The van der Waals surface area contributed by atoms with Crippen molar-refractivity contribution in [3.05, 3.63) is 205 Å². The number of hydrogen-bond donors (Lipinski definition) is 0. The lowest BCUT2D eigenvalue weighted by Gasteiger charge is -2.55. The molecule has 2 nitrogen and oxygen atoms in total. The summed E-state index contributed by atoms with van der Waals surface area (Å²) in [6, 6.07) is 71.3. The van der Waals surface area contributed by atoms with Gasteiger partial charge in [0.1, 0.15) is 0 Å². The van der Waals surface area contributed by atoms with E-state index in [1.54, 1.807) is 11.1 Å². The minimum atomic E-state index is -0.0586. The van der Waals surface area contributed by atoms with Gasteiger partial charge in [0.25, 0.3) is 0 Å². The Bertz CT molecular complexity index is 3430. The van der Waals surface area contributed by atoms with Crippen LogP contribution in [-0.4, -0.2) is 0 Å². The average molecular weight is 825 g/mol. The SMILES string of the molecule is Cc1cccc(N(c2cccc3c2C2(c4ccccc4-3)C(C)CC3CC(C)CC2C3)c2ccc3ccc4c(N(c5ccccc5)c5cccc6ccccc56)ccc5ccc2c3c54)c1. The van der Waals surface area contributed by atoms with Crippen molar-refractivity contribution in [3.8, 4) is 11.1 Å². The van der Waals surface area contributed by atoms with E-state index in [1.165, 1.54) is 114 Å². The van der Waals surface area contributed by atoms with Crippen molar-refractivity contribution >= 4 is 77.2 Å². The Balaban J connectivity index is 1.08. The lowest BCUT2D eigenvalue weighted by molar-refractivity contribution is 0.0429. The highest BCUT2D eigenvalue weighted by Gasteiger charge is 2.57. The predicted octanol–water partition coefficient (Wildman–Crippen LogP) is 17.3. The second kappa shape index (κ2) is 14.3. The maximum Gasteiger partial charge on any atom is 0.0540 e. The Morgan fingerprint density at radius 2 is 1.03 bits per heavy atom. The fraction of sp³-hybridized carbons (Fsp3) is 0.194. The molecular formula is C62H52N2. The second-order valence-corrected chi connectivity index (χ2v) is 19.6. The van der Waals surface area contributed by atoms with Crippen LogP contribution in [0.3, 0.4) is 0 Å². The smallest absolute Gasteiger partial charge is 0.0540 e. The van der Waals surface area contributed by atoms with Gasteiger partial charge in [0.15, 0.2) is 0 Å². The van der Waals surface area contributed by atoms with Crippen LogP contribution in [0.2, 0.25) is 0 Å². The molecular weight excluding hydrogens is 773 g/mol. The van der Waals surface area contributed by atoms with Gasteiger partial charge in [0.2, 0.25) is 0 Å². The fourth-order valence-electron chi connectivity index (χ4n) is 13.7. The van der Waals surface area contributed by atoms with Gasteiger partial charge in [0.05, 0.1) is 22.7 Å². The molecule has 0 heterocycles. The summed E-state index contributed by atoms with van der Waals surface area (Å²) in [5, 5.41) is 10.1. The molecule has 0 saturated heterocycles.